The van der Waals surface area contributed by atoms with Crippen molar-refractivity contribution < 1.29 is 9.18 Å². The second-order valence-corrected chi connectivity index (χ2v) is 9.56. The van der Waals surface area contributed by atoms with E-state index in [2.05, 4.69) is 35.1 Å². The molecule has 2 aromatic carbocycles. The zero-order valence-electron chi connectivity index (χ0n) is 22.6. The summed E-state index contributed by atoms with van der Waals surface area (Å²) in [7, 11) is 0. The maximum atomic E-state index is 13.8. The number of aromatic amines is 2. The van der Waals surface area contributed by atoms with Crippen LogP contribution in [0.2, 0.25) is 0 Å². The summed E-state index contributed by atoms with van der Waals surface area (Å²) in [5.74, 6) is 0.798. The monoisotopic (exact) mass is 553 g/mol. The first-order chi connectivity index (χ1) is 20.0. The van der Waals surface area contributed by atoms with E-state index in [1.165, 1.54) is 24.5 Å². The predicted molar refractivity (Wildman–Crippen MR) is 158 cm³/mol. The summed E-state index contributed by atoms with van der Waals surface area (Å²) in [6.07, 6.45) is 6.99. The first-order valence-corrected chi connectivity index (χ1v) is 13.5. The van der Waals surface area contributed by atoms with Gasteiger partial charge in [-0.25, -0.2) is 14.4 Å². The van der Waals surface area contributed by atoms with Crippen molar-refractivity contribution in [2.24, 2.45) is 4.99 Å². The molecule has 10 nitrogen and oxygen atoms in total. The molecule has 0 spiro atoms. The molecule has 3 heterocycles. The van der Waals surface area contributed by atoms with E-state index in [4.69, 9.17) is 10.7 Å². The lowest BCUT2D eigenvalue weighted by Gasteiger charge is -2.20. The molecule has 0 radical (unpaired) electrons. The number of aliphatic imine (C=N–C) groups is 1. The Balaban J connectivity index is 1.18. The number of nitrogen functional groups attached to an aromatic ring is 1. The van der Waals surface area contributed by atoms with Crippen LogP contribution in [0.5, 0.6) is 0 Å². The van der Waals surface area contributed by atoms with Gasteiger partial charge in [0.15, 0.2) is 0 Å². The summed E-state index contributed by atoms with van der Waals surface area (Å²) < 4.78 is 13.8. The zero-order chi connectivity index (χ0) is 28.4. The van der Waals surface area contributed by atoms with Gasteiger partial charge in [0.2, 0.25) is 0 Å². The van der Waals surface area contributed by atoms with Crippen LogP contribution in [0.15, 0.2) is 78.0 Å². The fourth-order valence-electron chi connectivity index (χ4n) is 4.41. The molecule has 0 aliphatic heterocycles. The number of hydrogen-bond acceptors (Lipinski definition) is 7. The fourth-order valence-corrected chi connectivity index (χ4v) is 4.41. The molecule has 0 atom stereocenters. The maximum Gasteiger partial charge on any atom is 0.269 e. The SMILES string of the molecule is Nc1ccccc1N=CCCN(CCc1ncc(C(=O)NCc2ncccc2F)[nH]1)CCc1nc2ccccc2[nH]1. The standard InChI is InChI=1S/C30H32FN9O/c31-21-7-5-14-34-26(21)19-36-30(41)27-20-35-28(39-27)12-17-40(16-6-15-33-23-9-2-1-8-22(23)32)18-13-29-37-24-10-3-4-11-25(24)38-29/h1-5,7-11,14-15,20H,6,12-13,16-19,32H2,(H,35,39)(H,36,41)(H,37,38). The Hall–Kier alpha value is -4.90. The van der Waals surface area contributed by atoms with Gasteiger partial charge < -0.3 is 25.9 Å². The Morgan fingerprint density at radius 3 is 2.61 bits per heavy atom. The molecule has 0 fully saturated rings. The van der Waals surface area contributed by atoms with Gasteiger partial charge in [-0.3, -0.25) is 14.8 Å². The summed E-state index contributed by atoms with van der Waals surface area (Å²) >= 11 is 0. The molecular weight excluding hydrogens is 521 g/mol. The Kier molecular flexibility index (Phi) is 9.07. The highest BCUT2D eigenvalue weighted by Crippen LogP contribution is 2.20. The number of aromatic nitrogens is 5. The number of halogens is 1. The van der Waals surface area contributed by atoms with E-state index in [9.17, 15) is 9.18 Å². The summed E-state index contributed by atoms with van der Waals surface area (Å²) in [4.78, 5) is 38.9. The number of fused-ring (bicyclic) bond motifs is 1. The van der Waals surface area contributed by atoms with Crippen molar-refractivity contribution in [2.45, 2.75) is 25.8 Å². The van der Waals surface area contributed by atoms with Crippen molar-refractivity contribution in [3.05, 3.63) is 102 Å². The molecule has 0 saturated heterocycles. The highest BCUT2D eigenvalue weighted by molar-refractivity contribution is 5.92. The number of hydrogen-bond donors (Lipinski definition) is 4. The van der Waals surface area contributed by atoms with Crippen LogP contribution in [-0.2, 0) is 19.4 Å². The predicted octanol–water partition coefficient (Wildman–Crippen LogP) is 4.21. The van der Waals surface area contributed by atoms with Crippen LogP contribution < -0.4 is 11.1 Å². The molecule has 3 aromatic heterocycles. The summed E-state index contributed by atoms with van der Waals surface area (Å²) in [6, 6.07) is 18.3. The Morgan fingerprint density at radius 1 is 0.976 bits per heavy atom. The number of rotatable bonds is 13. The van der Waals surface area contributed by atoms with Crippen LogP contribution in [0, 0.1) is 5.82 Å². The second-order valence-electron chi connectivity index (χ2n) is 9.56. The largest absolute Gasteiger partial charge is 0.397 e. The quantitative estimate of drug-likeness (QED) is 0.127. The normalized spacial score (nSPS) is 11.6. The van der Waals surface area contributed by atoms with Crippen molar-refractivity contribution in [3.63, 3.8) is 0 Å². The van der Waals surface area contributed by atoms with Crippen molar-refractivity contribution in [1.82, 2.24) is 35.1 Å². The van der Waals surface area contributed by atoms with Crippen molar-refractivity contribution in [3.8, 4) is 0 Å². The van der Waals surface area contributed by atoms with Crippen LogP contribution in [0.25, 0.3) is 11.0 Å². The number of imidazole rings is 2. The number of anilines is 1. The van der Waals surface area contributed by atoms with E-state index in [0.717, 1.165) is 55.0 Å². The summed E-state index contributed by atoms with van der Waals surface area (Å²) in [5, 5.41) is 2.68. The second kappa shape index (κ2) is 13.4. The first-order valence-electron chi connectivity index (χ1n) is 13.5. The molecule has 0 saturated carbocycles. The molecule has 0 unspecified atom stereocenters. The molecule has 1 amide bonds. The Bertz CT molecular complexity index is 1590. The van der Waals surface area contributed by atoms with Crippen LogP contribution in [0.4, 0.5) is 15.8 Å². The van der Waals surface area contributed by atoms with E-state index in [1.54, 1.807) is 0 Å². The number of benzene rings is 2. The highest BCUT2D eigenvalue weighted by Gasteiger charge is 2.13. The van der Waals surface area contributed by atoms with Gasteiger partial charge in [-0.2, -0.15) is 0 Å². The number of H-pyrrole nitrogens is 2. The van der Waals surface area contributed by atoms with E-state index < -0.39 is 5.82 Å². The van der Waals surface area contributed by atoms with E-state index in [-0.39, 0.29) is 18.1 Å². The maximum absolute atomic E-state index is 13.8. The van der Waals surface area contributed by atoms with Gasteiger partial charge in [0.05, 0.1) is 40.8 Å². The lowest BCUT2D eigenvalue weighted by molar-refractivity contribution is 0.0945. The third-order valence-corrected chi connectivity index (χ3v) is 6.63. The van der Waals surface area contributed by atoms with E-state index in [0.29, 0.717) is 23.6 Å². The number of carbonyl (C=O) groups is 1. The van der Waals surface area contributed by atoms with Crippen LogP contribution in [0.1, 0.15) is 34.3 Å². The average Bonchev–Trinajstić information content (AvgIpc) is 3.64. The molecule has 210 valence electrons. The Labute approximate surface area is 237 Å². The minimum Gasteiger partial charge on any atom is -0.397 e. The molecule has 0 bridgehead atoms. The molecule has 0 aliphatic rings. The minimum atomic E-state index is -0.460. The summed E-state index contributed by atoms with van der Waals surface area (Å²) in [5.41, 5.74) is 9.88. The number of para-hydroxylation sites is 4. The summed E-state index contributed by atoms with van der Waals surface area (Å²) in [6.45, 7) is 2.27. The fraction of sp³-hybridized carbons (Fsp3) is 0.233. The minimum absolute atomic E-state index is 0.00832. The smallest absolute Gasteiger partial charge is 0.269 e. The van der Waals surface area contributed by atoms with Gasteiger partial charge in [0.25, 0.3) is 5.91 Å². The molecular formula is C30H32FN9O. The molecule has 5 aromatic rings. The molecule has 0 aliphatic carbocycles. The Morgan fingerprint density at radius 2 is 1.78 bits per heavy atom. The number of nitrogens with two attached hydrogens (primary N) is 1. The molecule has 11 heteroatoms. The van der Waals surface area contributed by atoms with Crippen LogP contribution in [0.3, 0.4) is 0 Å². The number of amides is 1. The first kappa shape index (κ1) is 27.7. The third kappa shape index (κ3) is 7.61. The topological polar surface area (TPSA) is 141 Å². The van der Waals surface area contributed by atoms with E-state index >= 15 is 0 Å². The van der Waals surface area contributed by atoms with Crippen molar-refractivity contribution in [2.75, 3.05) is 25.4 Å². The van der Waals surface area contributed by atoms with Crippen molar-refractivity contribution >= 4 is 34.5 Å². The molecule has 5 rings (SSSR count). The average molecular weight is 554 g/mol. The van der Waals surface area contributed by atoms with Gasteiger partial charge in [-0.15, -0.1) is 0 Å². The molecule has 41 heavy (non-hydrogen) atoms. The van der Waals surface area contributed by atoms with Gasteiger partial charge >= 0.3 is 0 Å². The van der Waals surface area contributed by atoms with Gasteiger partial charge in [0, 0.05) is 44.9 Å². The number of nitrogens with zero attached hydrogens (tertiary/aromatic N) is 5. The van der Waals surface area contributed by atoms with Gasteiger partial charge in [0.1, 0.15) is 23.2 Å². The van der Waals surface area contributed by atoms with E-state index in [1.807, 2.05) is 54.7 Å². The van der Waals surface area contributed by atoms with Gasteiger partial charge in [-0.05, 0) is 42.8 Å². The number of carbonyl (C=O) groups excluding carboxylic acids is 1. The zero-order valence-corrected chi connectivity index (χ0v) is 22.6. The number of nitrogens with one attached hydrogen (secondary N) is 3. The third-order valence-electron chi connectivity index (χ3n) is 6.63. The lowest BCUT2D eigenvalue weighted by atomic mass is 10.2. The number of pyridine rings is 1. The van der Waals surface area contributed by atoms with Crippen molar-refractivity contribution in [1.29, 1.82) is 0 Å². The molecule has 5 N–H and O–H groups in total. The van der Waals surface area contributed by atoms with Crippen LogP contribution >= 0.6 is 0 Å². The lowest BCUT2D eigenvalue weighted by Crippen LogP contribution is -2.30. The van der Waals surface area contributed by atoms with Gasteiger partial charge in [-0.1, -0.05) is 24.3 Å². The van der Waals surface area contributed by atoms with Crippen LogP contribution in [-0.4, -0.2) is 61.6 Å². The highest BCUT2D eigenvalue weighted by atomic mass is 19.1.